The van der Waals surface area contributed by atoms with Gasteiger partial charge in [-0.05, 0) is 31.0 Å². The van der Waals surface area contributed by atoms with Gasteiger partial charge >= 0.3 is 5.97 Å². The number of aromatic amines is 1. The van der Waals surface area contributed by atoms with Gasteiger partial charge in [-0.1, -0.05) is 25.4 Å². The summed E-state index contributed by atoms with van der Waals surface area (Å²) >= 11 is 5.69. The smallest absolute Gasteiger partial charge is 0.340 e. The monoisotopic (exact) mass is 377 g/mol. The van der Waals surface area contributed by atoms with Gasteiger partial charge < -0.3 is 9.72 Å². The number of halogens is 2. The van der Waals surface area contributed by atoms with Gasteiger partial charge in [-0.15, -0.1) is 5.10 Å². The molecule has 3 rings (SSSR count). The molecule has 3 aromatic rings. The van der Waals surface area contributed by atoms with E-state index in [9.17, 15) is 14.0 Å². The number of carbonyl (C=O) groups excluding carboxylic acids is 1. The number of hydrogen-bond donors (Lipinski definition) is 1. The molecule has 0 aliphatic rings. The number of esters is 1. The molecular weight excluding hydrogens is 361 g/mol. The zero-order chi connectivity index (χ0) is 19.0. The van der Waals surface area contributed by atoms with Gasteiger partial charge in [0, 0.05) is 17.3 Å². The van der Waals surface area contributed by atoms with E-state index in [0.29, 0.717) is 16.7 Å². The molecule has 0 atom stereocenters. The Bertz CT molecular complexity index is 1060. The number of carbonyl (C=O) groups is 1. The van der Waals surface area contributed by atoms with Crippen molar-refractivity contribution in [1.82, 2.24) is 14.6 Å². The van der Waals surface area contributed by atoms with Gasteiger partial charge in [-0.25, -0.2) is 13.7 Å². The molecule has 0 spiro atoms. The Hall–Kier alpha value is -2.67. The number of hydrogen-bond acceptors (Lipinski definition) is 4. The molecule has 0 unspecified atom stereocenters. The van der Waals surface area contributed by atoms with Crippen LogP contribution < -0.4 is 5.56 Å². The molecule has 8 heteroatoms. The number of rotatable bonds is 4. The number of H-pyrrole nitrogens is 1. The third-order valence-corrected chi connectivity index (χ3v) is 4.25. The number of benzene rings is 1. The second-order valence-corrected chi connectivity index (χ2v) is 6.46. The van der Waals surface area contributed by atoms with Crippen LogP contribution in [-0.2, 0) is 4.74 Å². The predicted molar refractivity (Wildman–Crippen MR) is 96.3 cm³/mol. The average Bonchev–Trinajstić information content (AvgIpc) is 2.98. The van der Waals surface area contributed by atoms with Gasteiger partial charge in [0.15, 0.2) is 5.82 Å². The third kappa shape index (κ3) is 3.10. The Labute approximate surface area is 153 Å². The fourth-order valence-electron chi connectivity index (χ4n) is 2.84. The van der Waals surface area contributed by atoms with Crippen LogP contribution >= 0.6 is 11.6 Å². The van der Waals surface area contributed by atoms with Crippen molar-refractivity contribution in [3.05, 3.63) is 56.7 Å². The van der Waals surface area contributed by atoms with Crippen LogP contribution in [0.4, 0.5) is 4.39 Å². The molecule has 1 aromatic carbocycles. The van der Waals surface area contributed by atoms with Crippen LogP contribution in [0.3, 0.4) is 0 Å². The second-order valence-electron chi connectivity index (χ2n) is 6.06. The van der Waals surface area contributed by atoms with Crippen molar-refractivity contribution in [3.63, 3.8) is 0 Å². The summed E-state index contributed by atoms with van der Waals surface area (Å²) in [5.74, 6) is -1.06. The minimum Gasteiger partial charge on any atom is -0.462 e. The molecule has 1 N–H and O–H groups in total. The Morgan fingerprint density at radius 3 is 2.77 bits per heavy atom. The quantitative estimate of drug-likeness (QED) is 0.702. The van der Waals surface area contributed by atoms with Crippen molar-refractivity contribution in [1.29, 1.82) is 0 Å². The van der Waals surface area contributed by atoms with E-state index in [-0.39, 0.29) is 28.9 Å². The summed E-state index contributed by atoms with van der Waals surface area (Å²) in [5.41, 5.74) is 1.06. The van der Waals surface area contributed by atoms with Crippen molar-refractivity contribution in [2.45, 2.75) is 26.7 Å². The maximum atomic E-state index is 13.7. The summed E-state index contributed by atoms with van der Waals surface area (Å²) in [6.45, 7) is 5.68. The highest BCUT2D eigenvalue weighted by Gasteiger charge is 2.23. The predicted octanol–water partition coefficient (Wildman–Crippen LogP) is 3.78. The van der Waals surface area contributed by atoms with Gasteiger partial charge in [0.25, 0.3) is 5.56 Å². The SMILES string of the molecule is CCOC(=O)c1cn2nc(-c3ccc(Cl)c(F)c3)[nH]c(=O)c2c1C(C)C. The molecule has 2 aromatic heterocycles. The summed E-state index contributed by atoms with van der Waals surface area (Å²) in [6, 6.07) is 4.12. The Morgan fingerprint density at radius 1 is 1.42 bits per heavy atom. The van der Waals surface area contributed by atoms with E-state index in [4.69, 9.17) is 16.3 Å². The highest BCUT2D eigenvalue weighted by atomic mass is 35.5. The topological polar surface area (TPSA) is 76.5 Å². The molecule has 0 bridgehead atoms. The van der Waals surface area contributed by atoms with E-state index >= 15 is 0 Å². The zero-order valence-electron chi connectivity index (χ0n) is 14.5. The van der Waals surface area contributed by atoms with E-state index in [1.165, 1.54) is 22.8 Å². The lowest BCUT2D eigenvalue weighted by Gasteiger charge is -2.07. The van der Waals surface area contributed by atoms with Crippen molar-refractivity contribution in [2.75, 3.05) is 6.61 Å². The first kappa shape index (κ1) is 18.1. The first-order valence-corrected chi connectivity index (χ1v) is 8.49. The number of fused-ring (bicyclic) bond motifs is 1. The van der Waals surface area contributed by atoms with Crippen LogP contribution in [0.25, 0.3) is 16.9 Å². The fourth-order valence-corrected chi connectivity index (χ4v) is 2.96. The Morgan fingerprint density at radius 2 is 2.15 bits per heavy atom. The number of nitrogens with one attached hydrogen (secondary N) is 1. The minimum absolute atomic E-state index is 0.0233. The maximum Gasteiger partial charge on any atom is 0.340 e. The molecule has 0 saturated heterocycles. The minimum atomic E-state index is -0.616. The summed E-state index contributed by atoms with van der Waals surface area (Å²) in [6.07, 6.45) is 1.47. The highest BCUT2D eigenvalue weighted by Crippen LogP contribution is 2.26. The molecule has 0 aliphatic carbocycles. The van der Waals surface area contributed by atoms with E-state index in [1.54, 1.807) is 13.0 Å². The molecule has 0 aliphatic heterocycles. The summed E-state index contributed by atoms with van der Waals surface area (Å²) in [7, 11) is 0. The average molecular weight is 378 g/mol. The Balaban J connectivity index is 2.24. The first-order valence-electron chi connectivity index (χ1n) is 8.11. The number of nitrogens with zero attached hydrogens (tertiary/aromatic N) is 2. The molecule has 0 radical (unpaired) electrons. The van der Waals surface area contributed by atoms with Crippen molar-refractivity contribution < 1.29 is 13.9 Å². The number of ether oxygens (including phenoxy) is 1. The Kier molecular flexibility index (Phi) is 4.82. The summed E-state index contributed by atoms with van der Waals surface area (Å²) in [5, 5.41) is 4.30. The molecule has 26 heavy (non-hydrogen) atoms. The van der Waals surface area contributed by atoms with Crippen LogP contribution in [0, 0.1) is 5.82 Å². The van der Waals surface area contributed by atoms with Crippen molar-refractivity contribution >= 4 is 23.1 Å². The normalized spacial score (nSPS) is 11.3. The molecule has 0 amide bonds. The summed E-state index contributed by atoms with van der Waals surface area (Å²) < 4.78 is 20.1. The molecule has 0 fully saturated rings. The molecule has 2 heterocycles. The summed E-state index contributed by atoms with van der Waals surface area (Å²) in [4.78, 5) is 27.5. The van der Waals surface area contributed by atoms with Crippen molar-refractivity contribution in [3.8, 4) is 11.4 Å². The van der Waals surface area contributed by atoms with E-state index in [0.717, 1.165) is 0 Å². The van der Waals surface area contributed by atoms with E-state index in [2.05, 4.69) is 10.1 Å². The lowest BCUT2D eigenvalue weighted by Crippen LogP contribution is -2.15. The van der Waals surface area contributed by atoms with Gasteiger partial charge in [-0.2, -0.15) is 0 Å². The molecular formula is C18H17ClFN3O3. The van der Waals surface area contributed by atoms with E-state index < -0.39 is 17.3 Å². The van der Waals surface area contributed by atoms with Crippen LogP contribution in [0.1, 0.15) is 42.6 Å². The molecule has 136 valence electrons. The van der Waals surface area contributed by atoms with Gasteiger partial charge in [0.1, 0.15) is 11.3 Å². The van der Waals surface area contributed by atoms with Gasteiger partial charge in [0.05, 0.1) is 17.2 Å². The standard InChI is InChI=1S/C18H17ClFN3O3/c1-4-26-18(25)11-8-23-15(14(11)9(2)3)17(24)21-16(22-23)10-5-6-12(19)13(20)7-10/h5-9H,4H2,1-3H3,(H,21,22,24). The maximum absolute atomic E-state index is 13.7. The lowest BCUT2D eigenvalue weighted by atomic mass is 10.0. The van der Waals surface area contributed by atoms with Crippen LogP contribution in [0.2, 0.25) is 5.02 Å². The van der Waals surface area contributed by atoms with E-state index in [1.807, 2.05) is 13.8 Å². The van der Waals surface area contributed by atoms with Crippen LogP contribution in [-0.4, -0.2) is 27.2 Å². The highest BCUT2D eigenvalue weighted by molar-refractivity contribution is 6.30. The lowest BCUT2D eigenvalue weighted by molar-refractivity contribution is 0.0525. The van der Waals surface area contributed by atoms with Gasteiger partial charge in [-0.3, -0.25) is 4.79 Å². The second kappa shape index (κ2) is 6.92. The fraction of sp³-hybridized carbons (Fsp3) is 0.278. The van der Waals surface area contributed by atoms with Crippen molar-refractivity contribution in [2.24, 2.45) is 0 Å². The number of aromatic nitrogens is 3. The molecule has 6 nitrogen and oxygen atoms in total. The third-order valence-electron chi connectivity index (χ3n) is 3.95. The largest absolute Gasteiger partial charge is 0.462 e. The van der Waals surface area contributed by atoms with Crippen LogP contribution in [0.5, 0.6) is 0 Å². The molecule has 0 saturated carbocycles. The first-order chi connectivity index (χ1) is 12.3. The zero-order valence-corrected chi connectivity index (χ0v) is 15.2. The van der Waals surface area contributed by atoms with Gasteiger partial charge in [0.2, 0.25) is 0 Å². The van der Waals surface area contributed by atoms with Crippen LogP contribution in [0.15, 0.2) is 29.2 Å².